The molecule has 0 saturated carbocycles. The molecule has 0 saturated heterocycles. The maximum atomic E-state index is 11.2. The van der Waals surface area contributed by atoms with Gasteiger partial charge in [0.05, 0.1) is 6.61 Å². The first-order valence-electron chi connectivity index (χ1n) is 4.91. The van der Waals surface area contributed by atoms with Crippen molar-refractivity contribution >= 4 is 5.78 Å². The van der Waals surface area contributed by atoms with E-state index >= 15 is 0 Å². The lowest BCUT2D eigenvalue weighted by molar-refractivity contribution is -0.120. The van der Waals surface area contributed by atoms with E-state index in [1.807, 2.05) is 21.0 Å². The minimum atomic E-state index is 0.315. The number of Topliss-reactive ketones (excluding diaryl/α,β-unsaturated/α-hetero) is 1. The van der Waals surface area contributed by atoms with Gasteiger partial charge in [-0.25, -0.2) is 0 Å². The molecule has 3 heteroatoms. The average Bonchev–Trinajstić information content (AvgIpc) is 2.04. The summed E-state index contributed by atoms with van der Waals surface area (Å²) in [6, 6.07) is 0. The molecular weight excluding hydrogens is 166 g/mol. The highest BCUT2D eigenvalue weighted by atomic mass is 16.5. The second kappa shape index (κ2) is 8.20. The van der Waals surface area contributed by atoms with Crippen molar-refractivity contribution in [1.82, 2.24) is 4.90 Å². The van der Waals surface area contributed by atoms with E-state index < -0.39 is 0 Å². The van der Waals surface area contributed by atoms with Gasteiger partial charge in [-0.05, 0) is 34.0 Å². The Morgan fingerprint density at radius 1 is 1.31 bits per heavy atom. The Morgan fingerprint density at radius 3 is 2.54 bits per heavy atom. The van der Waals surface area contributed by atoms with Gasteiger partial charge in [0.1, 0.15) is 5.78 Å². The number of carbonyl (C=O) groups is 1. The molecule has 0 N–H and O–H groups in total. The van der Waals surface area contributed by atoms with E-state index in [1.54, 1.807) is 0 Å². The van der Waals surface area contributed by atoms with Gasteiger partial charge in [0.2, 0.25) is 0 Å². The maximum absolute atomic E-state index is 11.2. The molecule has 0 aliphatic rings. The van der Waals surface area contributed by atoms with Gasteiger partial charge >= 0.3 is 0 Å². The molecule has 0 aromatic heterocycles. The van der Waals surface area contributed by atoms with Crippen molar-refractivity contribution in [1.29, 1.82) is 0 Å². The third-order valence-electron chi connectivity index (χ3n) is 1.79. The van der Waals surface area contributed by atoms with E-state index in [-0.39, 0.29) is 0 Å². The SMILES string of the molecule is CCOCCC(=O)CCCN(C)C. The lowest BCUT2D eigenvalue weighted by atomic mass is 10.2. The average molecular weight is 187 g/mol. The van der Waals surface area contributed by atoms with Crippen LogP contribution < -0.4 is 0 Å². The van der Waals surface area contributed by atoms with Crippen LogP contribution >= 0.6 is 0 Å². The van der Waals surface area contributed by atoms with E-state index in [1.165, 1.54) is 0 Å². The van der Waals surface area contributed by atoms with Gasteiger partial charge in [-0.2, -0.15) is 0 Å². The van der Waals surface area contributed by atoms with Gasteiger partial charge in [0.15, 0.2) is 0 Å². The van der Waals surface area contributed by atoms with Crippen molar-refractivity contribution in [2.24, 2.45) is 0 Å². The minimum absolute atomic E-state index is 0.315. The molecule has 0 amide bonds. The van der Waals surface area contributed by atoms with E-state index in [0.717, 1.165) is 13.0 Å². The fourth-order valence-corrected chi connectivity index (χ4v) is 1.05. The highest BCUT2D eigenvalue weighted by Gasteiger charge is 2.01. The highest BCUT2D eigenvalue weighted by Crippen LogP contribution is 1.96. The smallest absolute Gasteiger partial charge is 0.135 e. The van der Waals surface area contributed by atoms with Crippen LogP contribution in [0.25, 0.3) is 0 Å². The molecule has 0 atom stereocenters. The first-order valence-corrected chi connectivity index (χ1v) is 4.91. The molecule has 0 aromatic carbocycles. The number of rotatable bonds is 8. The monoisotopic (exact) mass is 187 g/mol. The topological polar surface area (TPSA) is 29.5 Å². The van der Waals surface area contributed by atoms with Gasteiger partial charge in [0.25, 0.3) is 0 Å². The molecule has 0 spiro atoms. The second-order valence-electron chi connectivity index (χ2n) is 3.39. The number of carbonyl (C=O) groups excluding carboxylic acids is 1. The molecule has 0 aliphatic heterocycles. The van der Waals surface area contributed by atoms with Crippen molar-refractivity contribution in [2.45, 2.75) is 26.2 Å². The second-order valence-corrected chi connectivity index (χ2v) is 3.39. The molecule has 13 heavy (non-hydrogen) atoms. The first kappa shape index (κ1) is 12.6. The van der Waals surface area contributed by atoms with E-state index in [4.69, 9.17) is 4.74 Å². The molecule has 0 unspecified atom stereocenters. The normalized spacial score (nSPS) is 10.8. The summed E-state index contributed by atoms with van der Waals surface area (Å²) in [4.78, 5) is 13.3. The van der Waals surface area contributed by atoms with Crippen molar-refractivity contribution < 1.29 is 9.53 Å². The summed E-state index contributed by atoms with van der Waals surface area (Å²) in [7, 11) is 4.04. The van der Waals surface area contributed by atoms with Gasteiger partial charge < -0.3 is 9.64 Å². The third kappa shape index (κ3) is 9.50. The van der Waals surface area contributed by atoms with Crippen molar-refractivity contribution in [3.05, 3.63) is 0 Å². The number of nitrogens with zero attached hydrogens (tertiary/aromatic N) is 1. The van der Waals surface area contributed by atoms with Crippen LogP contribution in [0.1, 0.15) is 26.2 Å². The number of hydrogen-bond donors (Lipinski definition) is 0. The van der Waals surface area contributed by atoms with Gasteiger partial charge in [-0.15, -0.1) is 0 Å². The molecule has 0 radical (unpaired) electrons. The fourth-order valence-electron chi connectivity index (χ4n) is 1.05. The van der Waals surface area contributed by atoms with Crippen LogP contribution in [0.2, 0.25) is 0 Å². The molecule has 0 aliphatic carbocycles. The zero-order valence-electron chi connectivity index (χ0n) is 9.01. The van der Waals surface area contributed by atoms with Crippen LogP contribution in [0.3, 0.4) is 0 Å². The summed E-state index contributed by atoms with van der Waals surface area (Å²) < 4.78 is 5.10. The molecule has 0 aromatic rings. The van der Waals surface area contributed by atoms with Crippen LogP contribution in [-0.4, -0.2) is 44.5 Å². The van der Waals surface area contributed by atoms with E-state index in [0.29, 0.717) is 31.8 Å². The molecule has 3 nitrogen and oxygen atoms in total. The minimum Gasteiger partial charge on any atom is -0.381 e. The predicted molar refractivity (Wildman–Crippen MR) is 53.9 cm³/mol. The summed E-state index contributed by atoms with van der Waals surface area (Å²) in [6.07, 6.45) is 2.21. The Bertz CT molecular complexity index is 135. The van der Waals surface area contributed by atoms with Crippen LogP contribution in [-0.2, 0) is 9.53 Å². The maximum Gasteiger partial charge on any atom is 0.135 e. The summed E-state index contributed by atoms with van der Waals surface area (Å²) in [5.74, 6) is 0.315. The van der Waals surface area contributed by atoms with Crippen LogP contribution in [0.4, 0.5) is 0 Å². The summed E-state index contributed by atoms with van der Waals surface area (Å²) in [5, 5.41) is 0. The molecule has 0 fully saturated rings. The van der Waals surface area contributed by atoms with Crippen molar-refractivity contribution in [3.8, 4) is 0 Å². The van der Waals surface area contributed by atoms with Crippen molar-refractivity contribution in [3.63, 3.8) is 0 Å². The molecule has 78 valence electrons. The van der Waals surface area contributed by atoms with E-state index in [9.17, 15) is 4.79 Å². The Kier molecular flexibility index (Phi) is 7.94. The Balaban J connectivity index is 3.20. The Morgan fingerprint density at radius 2 is 2.00 bits per heavy atom. The van der Waals surface area contributed by atoms with Gasteiger partial charge in [-0.1, -0.05) is 0 Å². The zero-order chi connectivity index (χ0) is 10.1. The quantitative estimate of drug-likeness (QED) is 0.537. The number of hydrogen-bond acceptors (Lipinski definition) is 3. The molecule has 0 heterocycles. The number of ketones is 1. The molecule has 0 bridgehead atoms. The molecule has 0 rings (SSSR count). The van der Waals surface area contributed by atoms with E-state index in [2.05, 4.69) is 4.90 Å². The summed E-state index contributed by atoms with van der Waals surface area (Å²) >= 11 is 0. The van der Waals surface area contributed by atoms with Crippen LogP contribution in [0.15, 0.2) is 0 Å². The first-order chi connectivity index (χ1) is 6.16. The lowest BCUT2D eigenvalue weighted by Gasteiger charge is -2.08. The van der Waals surface area contributed by atoms with Crippen LogP contribution in [0.5, 0.6) is 0 Å². The Labute approximate surface area is 81.1 Å². The van der Waals surface area contributed by atoms with Crippen molar-refractivity contribution in [2.75, 3.05) is 33.9 Å². The summed E-state index contributed by atoms with van der Waals surface area (Å²) in [6.45, 7) is 4.21. The van der Waals surface area contributed by atoms with Gasteiger partial charge in [-0.3, -0.25) is 4.79 Å². The fraction of sp³-hybridized carbons (Fsp3) is 0.900. The third-order valence-corrected chi connectivity index (χ3v) is 1.79. The molecular formula is C10H21NO2. The Hall–Kier alpha value is -0.410. The lowest BCUT2D eigenvalue weighted by Crippen LogP contribution is -2.14. The standard InChI is InChI=1S/C10H21NO2/c1-4-13-9-7-10(12)6-5-8-11(2)3/h4-9H2,1-3H3. The zero-order valence-corrected chi connectivity index (χ0v) is 9.01. The summed E-state index contributed by atoms with van der Waals surface area (Å²) in [5.41, 5.74) is 0. The highest BCUT2D eigenvalue weighted by molar-refractivity contribution is 5.78. The van der Waals surface area contributed by atoms with Gasteiger partial charge in [0, 0.05) is 19.4 Å². The number of ether oxygens (including phenoxy) is 1. The van der Waals surface area contributed by atoms with Crippen LogP contribution in [0, 0.1) is 0 Å². The predicted octanol–water partition coefficient (Wildman–Crippen LogP) is 1.32. The largest absolute Gasteiger partial charge is 0.381 e.